The third kappa shape index (κ3) is 5.23. The number of hydrogen-bond donors (Lipinski definition) is 0. The van der Waals surface area contributed by atoms with Gasteiger partial charge < -0.3 is 14.4 Å². The van der Waals surface area contributed by atoms with E-state index < -0.39 is 5.82 Å². The van der Waals surface area contributed by atoms with Crippen molar-refractivity contribution in [2.75, 3.05) is 14.2 Å². The number of ether oxygens (including phenoxy) is 2. The molecule has 4 aromatic rings. The van der Waals surface area contributed by atoms with E-state index in [4.69, 9.17) is 21.1 Å². The number of fused-ring (bicyclic) bond motifs is 1. The molecule has 0 aliphatic carbocycles. The Bertz CT molecular complexity index is 1410. The highest BCUT2D eigenvalue weighted by atomic mass is 35.5. The lowest BCUT2D eigenvalue weighted by molar-refractivity contribution is 0.0729. The number of carbonyl (C=O) groups excluding carboxylic acids is 1. The summed E-state index contributed by atoms with van der Waals surface area (Å²) in [7, 11) is 3.12. The van der Waals surface area contributed by atoms with Gasteiger partial charge in [0.2, 0.25) is 0 Å². The van der Waals surface area contributed by atoms with Gasteiger partial charge in [-0.25, -0.2) is 9.37 Å². The number of aromatic nitrogens is 1. The number of hydrogen-bond acceptors (Lipinski definition) is 4. The van der Waals surface area contributed by atoms with E-state index in [9.17, 15) is 9.18 Å². The molecule has 0 aliphatic rings. The zero-order valence-electron chi connectivity index (χ0n) is 20.1. The summed E-state index contributed by atoms with van der Waals surface area (Å²) in [6.07, 6.45) is 0. The number of benzene rings is 3. The van der Waals surface area contributed by atoms with Gasteiger partial charge in [0, 0.05) is 29.6 Å². The second-order valence-corrected chi connectivity index (χ2v) is 8.74. The van der Waals surface area contributed by atoms with E-state index in [2.05, 4.69) is 4.98 Å². The summed E-state index contributed by atoms with van der Waals surface area (Å²) in [6, 6.07) is 17.1. The van der Waals surface area contributed by atoms with Crippen LogP contribution in [0.25, 0.3) is 10.9 Å². The van der Waals surface area contributed by atoms with E-state index in [0.29, 0.717) is 22.2 Å². The minimum atomic E-state index is -0.474. The zero-order chi connectivity index (χ0) is 25.1. The highest BCUT2D eigenvalue weighted by Gasteiger charge is 2.20. The fourth-order valence-corrected chi connectivity index (χ4v) is 4.22. The Balaban J connectivity index is 1.74. The predicted octanol–water partition coefficient (Wildman–Crippen LogP) is 6.50. The van der Waals surface area contributed by atoms with Crippen LogP contribution in [0.2, 0.25) is 5.15 Å². The number of aryl methyl sites for hydroxylation is 2. The minimum Gasteiger partial charge on any atom is -0.493 e. The number of pyridine rings is 1. The molecule has 7 heteroatoms. The average Bonchev–Trinajstić information content (AvgIpc) is 2.86. The van der Waals surface area contributed by atoms with Gasteiger partial charge >= 0.3 is 0 Å². The minimum absolute atomic E-state index is 0.193. The van der Waals surface area contributed by atoms with Gasteiger partial charge in [-0.05, 0) is 66.9 Å². The number of methoxy groups -OCH3 is 2. The van der Waals surface area contributed by atoms with Crippen LogP contribution in [0, 0.1) is 19.7 Å². The van der Waals surface area contributed by atoms with E-state index >= 15 is 0 Å². The van der Waals surface area contributed by atoms with Gasteiger partial charge in [0.25, 0.3) is 5.91 Å². The predicted molar refractivity (Wildman–Crippen MR) is 136 cm³/mol. The van der Waals surface area contributed by atoms with Gasteiger partial charge in [-0.1, -0.05) is 35.9 Å². The monoisotopic (exact) mass is 492 g/mol. The van der Waals surface area contributed by atoms with E-state index in [1.807, 2.05) is 44.2 Å². The molecule has 0 N–H and O–H groups in total. The van der Waals surface area contributed by atoms with E-state index in [1.54, 1.807) is 31.3 Å². The molecular formula is C28H26ClFN2O3. The van der Waals surface area contributed by atoms with E-state index in [-0.39, 0.29) is 24.6 Å². The number of rotatable bonds is 7. The van der Waals surface area contributed by atoms with Gasteiger partial charge in [0.05, 0.1) is 19.7 Å². The summed E-state index contributed by atoms with van der Waals surface area (Å²) < 4.78 is 24.6. The molecule has 5 nitrogen and oxygen atoms in total. The topological polar surface area (TPSA) is 51.7 Å². The molecule has 35 heavy (non-hydrogen) atoms. The van der Waals surface area contributed by atoms with Gasteiger partial charge in [-0.3, -0.25) is 4.79 Å². The first-order valence-corrected chi connectivity index (χ1v) is 11.5. The molecule has 180 valence electrons. The molecule has 1 amide bonds. The Morgan fingerprint density at radius 1 is 0.971 bits per heavy atom. The largest absolute Gasteiger partial charge is 0.493 e. The quantitative estimate of drug-likeness (QED) is 0.276. The summed E-state index contributed by atoms with van der Waals surface area (Å²) in [5, 5.41) is 1.27. The van der Waals surface area contributed by atoms with Gasteiger partial charge in [-0.2, -0.15) is 0 Å². The van der Waals surface area contributed by atoms with Crippen LogP contribution in [-0.4, -0.2) is 30.0 Å². The molecule has 0 unspecified atom stereocenters. The molecule has 0 fully saturated rings. The standard InChI is InChI=1S/C28H26ClFN2O3/c1-17-8-10-20-13-22(27(29)31-26(20)18(17)2)16-32(28(33)21-6-5-7-23(30)14-21)15-19-9-11-24(34-3)25(12-19)35-4/h5-14H,15-16H2,1-4H3. The molecule has 0 aliphatic heterocycles. The van der Waals surface area contributed by atoms with Crippen molar-refractivity contribution in [1.82, 2.24) is 9.88 Å². The normalized spacial score (nSPS) is 10.9. The molecule has 0 saturated heterocycles. The Labute approximate surface area is 209 Å². The van der Waals surface area contributed by atoms with Crippen LogP contribution in [0.3, 0.4) is 0 Å². The van der Waals surface area contributed by atoms with Crippen molar-refractivity contribution in [3.05, 3.63) is 99.5 Å². The molecule has 0 bridgehead atoms. The lowest BCUT2D eigenvalue weighted by Gasteiger charge is -2.24. The lowest BCUT2D eigenvalue weighted by Crippen LogP contribution is -2.30. The van der Waals surface area contributed by atoms with Crippen LogP contribution in [0.5, 0.6) is 11.5 Å². The van der Waals surface area contributed by atoms with E-state index in [1.165, 1.54) is 18.2 Å². The van der Waals surface area contributed by atoms with Gasteiger partial charge in [0.1, 0.15) is 11.0 Å². The van der Waals surface area contributed by atoms with Crippen LogP contribution in [0.15, 0.2) is 60.7 Å². The van der Waals surface area contributed by atoms with Crippen LogP contribution in [0.4, 0.5) is 4.39 Å². The fraction of sp³-hybridized carbons (Fsp3) is 0.214. The smallest absolute Gasteiger partial charge is 0.254 e. The number of amides is 1. The van der Waals surface area contributed by atoms with E-state index in [0.717, 1.165) is 27.6 Å². The zero-order valence-corrected chi connectivity index (χ0v) is 20.8. The maximum atomic E-state index is 13.9. The van der Waals surface area contributed by atoms with Crippen LogP contribution in [-0.2, 0) is 13.1 Å². The summed E-state index contributed by atoms with van der Waals surface area (Å²) in [6.45, 7) is 4.48. The van der Waals surface area contributed by atoms with Gasteiger partial charge in [-0.15, -0.1) is 0 Å². The summed E-state index contributed by atoms with van der Waals surface area (Å²) in [4.78, 5) is 19.7. The molecule has 1 heterocycles. The molecule has 0 radical (unpaired) electrons. The van der Waals surface area contributed by atoms with Crippen molar-refractivity contribution in [2.45, 2.75) is 26.9 Å². The average molecular weight is 493 g/mol. The number of halogens is 2. The maximum Gasteiger partial charge on any atom is 0.254 e. The number of carbonyl (C=O) groups is 1. The number of nitrogens with zero attached hydrogens (tertiary/aromatic N) is 2. The first kappa shape index (κ1) is 24.5. The second-order valence-electron chi connectivity index (χ2n) is 8.38. The van der Waals surface area contributed by atoms with Crippen LogP contribution < -0.4 is 9.47 Å². The van der Waals surface area contributed by atoms with Crippen molar-refractivity contribution in [3.63, 3.8) is 0 Å². The van der Waals surface area contributed by atoms with Crippen molar-refractivity contribution in [3.8, 4) is 11.5 Å². The van der Waals surface area contributed by atoms with Crippen molar-refractivity contribution < 1.29 is 18.7 Å². The van der Waals surface area contributed by atoms with Crippen LogP contribution >= 0.6 is 11.6 Å². The highest BCUT2D eigenvalue weighted by molar-refractivity contribution is 6.30. The molecule has 0 spiro atoms. The molecule has 1 aromatic heterocycles. The Hall–Kier alpha value is -3.64. The molecule has 3 aromatic carbocycles. The SMILES string of the molecule is COc1ccc(CN(Cc2cc3ccc(C)c(C)c3nc2Cl)C(=O)c2cccc(F)c2)cc1OC. The Morgan fingerprint density at radius 2 is 1.74 bits per heavy atom. The summed E-state index contributed by atoms with van der Waals surface area (Å²) in [5.41, 5.74) is 4.80. The molecule has 0 saturated carbocycles. The summed E-state index contributed by atoms with van der Waals surface area (Å²) in [5.74, 6) is 0.347. The molecular weight excluding hydrogens is 467 g/mol. The third-order valence-electron chi connectivity index (χ3n) is 6.08. The van der Waals surface area contributed by atoms with Gasteiger partial charge in [0.15, 0.2) is 11.5 Å². The molecule has 0 atom stereocenters. The van der Waals surface area contributed by atoms with Crippen molar-refractivity contribution in [1.29, 1.82) is 0 Å². The maximum absolute atomic E-state index is 13.9. The fourth-order valence-electron chi connectivity index (χ4n) is 4.02. The summed E-state index contributed by atoms with van der Waals surface area (Å²) >= 11 is 6.59. The first-order valence-electron chi connectivity index (χ1n) is 11.1. The second kappa shape index (κ2) is 10.3. The van der Waals surface area contributed by atoms with Crippen LogP contribution in [0.1, 0.15) is 32.6 Å². The van der Waals surface area contributed by atoms with Crippen molar-refractivity contribution in [2.24, 2.45) is 0 Å². The lowest BCUT2D eigenvalue weighted by atomic mass is 10.0. The first-order chi connectivity index (χ1) is 16.8. The Morgan fingerprint density at radius 3 is 2.46 bits per heavy atom. The Kier molecular flexibility index (Phi) is 7.22. The third-order valence-corrected chi connectivity index (χ3v) is 6.41. The molecule has 4 rings (SSSR count). The highest BCUT2D eigenvalue weighted by Crippen LogP contribution is 2.30. The van der Waals surface area contributed by atoms with Crippen molar-refractivity contribution >= 4 is 28.4 Å².